The highest BCUT2D eigenvalue weighted by Gasteiger charge is 2.08. The van der Waals surface area contributed by atoms with Gasteiger partial charge in [-0.05, 0) is 18.2 Å². The molecule has 0 aliphatic rings. The molecule has 0 fully saturated rings. The summed E-state index contributed by atoms with van der Waals surface area (Å²) in [7, 11) is 0. The van der Waals surface area contributed by atoms with E-state index in [-0.39, 0.29) is 12.4 Å². The smallest absolute Gasteiger partial charge is 0.122 e. The van der Waals surface area contributed by atoms with E-state index in [1.54, 1.807) is 12.1 Å². The van der Waals surface area contributed by atoms with Crippen molar-refractivity contribution in [1.82, 2.24) is 4.90 Å². The number of hydrogen-bond acceptors (Lipinski definition) is 3. The fourth-order valence-corrected chi connectivity index (χ4v) is 1.81. The minimum Gasteiger partial charge on any atom is -0.395 e. The van der Waals surface area contributed by atoms with Gasteiger partial charge in [-0.2, -0.15) is 0 Å². The predicted molar refractivity (Wildman–Crippen MR) is 70.5 cm³/mol. The van der Waals surface area contributed by atoms with Gasteiger partial charge in [0, 0.05) is 23.7 Å². The quantitative estimate of drug-likeness (QED) is 0.532. The van der Waals surface area contributed by atoms with Crippen molar-refractivity contribution in [2.45, 2.75) is 13.5 Å². The molecule has 94 valence electrons. The largest absolute Gasteiger partial charge is 0.395 e. The molecule has 0 saturated heterocycles. The van der Waals surface area contributed by atoms with E-state index in [2.05, 4.69) is 4.90 Å². The van der Waals surface area contributed by atoms with Gasteiger partial charge in [-0.15, -0.1) is 0 Å². The minimum absolute atomic E-state index is 0.0150. The number of aliphatic hydroxyl groups is 1. The third-order valence-corrected chi connectivity index (χ3v) is 2.97. The Morgan fingerprint density at radius 1 is 1.53 bits per heavy atom. The van der Waals surface area contributed by atoms with Crippen molar-refractivity contribution < 1.29 is 5.11 Å². The number of aliphatic hydroxyl groups excluding tert-OH is 1. The lowest BCUT2D eigenvalue weighted by Crippen LogP contribution is -2.26. The van der Waals surface area contributed by atoms with E-state index in [1.807, 2.05) is 13.0 Å². The molecule has 0 aliphatic carbocycles. The lowest BCUT2D eigenvalue weighted by Gasteiger charge is -2.20. The van der Waals surface area contributed by atoms with Crippen molar-refractivity contribution in [2.75, 3.05) is 19.7 Å². The fourth-order valence-electron chi connectivity index (χ4n) is 1.57. The van der Waals surface area contributed by atoms with Crippen LogP contribution in [0.4, 0.5) is 0 Å². The molecule has 0 amide bonds. The summed E-state index contributed by atoms with van der Waals surface area (Å²) in [6, 6.07) is 5.36. The van der Waals surface area contributed by atoms with E-state index in [4.69, 9.17) is 27.9 Å². The predicted octanol–water partition coefficient (Wildman–Crippen LogP) is 1.44. The average molecular weight is 256 g/mol. The van der Waals surface area contributed by atoms with Crippen LogP contribution in [0.5, 0.6) is 0 Å². The number of nitrogens with one attached hydrogen (secondary N) is 1. The van der Waals surface area contributed by atoms with Gasteiger partial charge in [0.25, 0.3) is 0 Å². The van der Waals surface area contributed by atoms with E-state index >= 15 is 0 Å². The summed E-state index contributed by atoms with van der Waals surface area (Å²) < 4.78 is 0. The molecule has 4 nitrogen and oxygen atoms in total. The van der Waals surface area contributed by atoms with Gasteiger partial charge < -0.3 is 10.8 Å². The van der Waals surface area contributed by atoms with Gasteiger partial charge in [0.2, 0.25) is 0 Å². The van der Waals surface area contributed by atoms with Crippen LogP contribution < -0.4 is 5.73 Å². The van der Waals surface area contributed by atoms with Gasteiger partial charge in [-0.25, -0.2) is 0 Å². The Bertz CT molecular complexity index is 395. The lowest BCUT2D eigenvalue weighted by atomic mass is 10.1. The summed E-state index contributed by atoms with van der Waals surface area (Å²) in [5, 5.41) is 16.8. The zero-order valence-electron chi connectivity index (χ0n) is 9.91. The maximum absolute atomic E-state index is 8.91. The molecule has 0 heterocycles. The van der Waals surface area contributed by atoms with Crippen LogP contribution >= 0.6 is 11.6 Å². The van der Waals surface area contributed by atoms with E-state index in [0.717, 1.165) is 12.1 Å². The molecular formula is C12H18ClN3O. The fraction of sp³-hybridized carbons (Fsp3) is 0.417. The highest BCUT2D eigenvalue weighted by Crippen LogP contribution is 2.19. The topological polar surface area (TPSA) is 73.3 Å². The van der Waals surface area contributed by atoms with Crippen molar-refractivity contribution in [2.24, 2.45) is 5.73 Å². The zero-order chi connectivity index (χ0) is 12.8. The number of nitrogens with zero attached hydrogens (tertiary/aromatic N) is 1. The highest BCUT2D eigenvalue weighted by atomic mass is 35.5. The van der Waals surface area contributed by atoms with Gasteiger partial charge in [0.15, 0.2) is 0 Å². The van der Waals surface area contributed by atoms with Crippen LogP contribution in [0.25, 0.3) is 0 Å². The molecule has 0 saturated carbocycles. The maximum Gasteiger partial charge on any atom is 0.122 e. The first kappa shape index (κ1) is 14.0. The number of nitrogens with two attached hydrogens (primary N) is 1. The Labute approximate surface area is 107 Å². The number of hydrogen-bond donors (Lipinski definition) is 3. The second-order valence-corrected chi connectivity index (χ2v) is 4.22. The molecule has 0 spiro atoms. The molecule has 0 aromatic heterocycles. The standard InChI is InChI=1S/C12H18ClN3O/c1-2-16(5-6-17)8-10-4-3-9(12(14)15)7-11(10)13/h3-4,7,17H,2,5-6,8H2,1H3,(H3,14,15). The van der Waals surface area contributed by atoms with Crippen molar-refractivity contribution >= 4 is 17.4 Å². The van der Waals surface area contributed by atoms with Gasteiger partial charge in [-0.3, -0.25) is 10.3 Å². The Kier molecular flexibility index (Phi) is 5.41. The number of amidine groups is 1. The molecule has 1 aromatic rings. The van der Waals surface area contributed by atoms with Crippen LogP contribution in [0.2, 0.25) is 5.02 Å². The first-order valence-corrected chi connectivity index (χ1v) is 5.92. The first-order chi connectivity index (χ1) is 8.08. The average Bonchev–Trinajstić information content (AvgIpc) is 2.30. The van der Waals surface area contributed by atoms with Crippen LogP contribution in [-0.2, 0) is 6.54 Å². The molecule has 5 heteroatoms. The van der Waals surface area contributed by atoms with E-state index in [0.29, 0.717) is 23.7 Å². The molecule has 0 bridgehead atoms. The van der Waals surface area contributed by atoms with Crippen LogP contribution in [0.3, 0.4) is 0 Å². The molecular weight excluding hydrogens is 238 g/mol. The number of halogens is 1. The molecule has 0 radical (unpaired) electrons. The molecule has 1 aromatic carbocycles. The third kappa shape index (κ3) is 4.00. The summed E-state index contributed by atoms with van der Waals surface area (Å²) in [6.07, 6.45) is 0. The van der Waals surface area contributed by atoms with E-state index < -0.39 is 0 Å². The number of likely N-dealkylation sites (N-methyl/N-ethyl adjacent to an activating group) is 1. The number of benzene rings is 1. The van der Waals surface area contributed by atoms with Crippen molar-refractivity contribution in [3.63, 3.8) is 0 Å². The van der Waals surface area contributed by atoms with E-state index in [9.17, 15) is 0 Å². The van der Waals surface area contributed by atoms with Gasteiger partial charge in [0.1, 0.15) is 5.84 Å². The number of nitrogen functional groups attached to an aromatic ring is 1. The summed E-state index contributed by atoms with van der Waals surface area (Å²) in [6.45, 7) is 4.34. The van der Waals surface area contributed by atoms with Crippen LogP contribution in [0.1, 0.15) is 18.1 Å². The first-order valence-electron chi connectivity index (χ1n) is 5.54. The second kappa shape index (κ2) is 6.59. The SMILES string of the molecule is CCN(CCO)Cc1ccc(C(=N)N)cc1Cl. The van der Waals surface area contributed by atoms with Crippen LogP contribution in [0.15, 0.2) is 18.2 Å². The van der Waals surface area contributed by atoms with Crippen LogP contribution in [-0.4, -0.2) is 35.5 Å². The molecule has 1 rings (SSSR count). The lowest BCUT2D eigenvalue weighted by molar-refractivity contribution is 0.197. The Morgan fingerprint density at radius 2 is 2.24 bits per heavy atom. The Balaban J connectivity index is 2.81. The van der Waals surface area contributed by atoms with Crippen molar-refractivity contribution in [1.29, 1.82) is 5.41 Å². The Morgan fingerprint density at radius 3 is 2.71 bits per heavy atom. The summed E-state index contributed by atoms with van der Waals surface area (Å²) >= 11 is 6.13. The molecule has 0 unspecified atom stereocenters. The zero-order valence-corrected chi connectivity index (χ0v) is 10.7. The summed E-state index contributed by atoms with van der Waals surface area (Å²) in [5.74, 6) is 0.0150. The Hall–Kier alpha value is -1.10. The maximum atomic E-state index is 8.91. The van der Waals surface area contributed by atoms with Crippen LogP contribution in [0, 0.1) is 5.41 Å². The second-order valence-electron chi connectivity index (χ2n) is 3.81. The van der Waals surface area contributed by atoms with Gasteiger partial charge in [-0.1, -0.05) is 30.7 Å². The summed E-state index contributed by atoms with van der Waals surface area (Å²) in [5.41, 5.74) is 7.00. The normalized spacial score (nSPS) is 10.8. The molecule has 17 heavy (non-hydrogen) atoms. The van der Waals surface area contributed by atoms with Crippen molar-refractivity contribution in [3.8, 4) is 0 Å². The monoisotopic (exact) mass is 255 g/mol. The molecule has 4 N–H and O–H groups in total. The highest BCUT2D eigenvalue weighted by molar-refractivity contribution is 6.31. The third-order valence-electron chi connectivity index (χ3n) is 2.62. The van der Waals surface area contributed by atoms with Gasteiger partial charge in [0.05, 0.1) is 6.61 Å². The van der Waals surface area contributed by atoms with Crippen molar-refractivity contribution in [3.05, 3.63) is 34.3 Å². The van der Waals surface area contributed by atoms with E-state index in [1.165, 1.54) is 0 Å². The molecule has 0 aliphatic heterocycles. The number of rotatable bonds is 6. The minimum atomic E-state index is 0.0150. The van der Waals surface area contributed by atoms with Gasteiger partial charge >= 0.3 is 0 Å². The molecule has 0 atom stereocenters. The summed E-state index contributed by atoms with van der Waals surface area (Å²) in [4.78, 5) is 2.09.